The first-order valence-electron chi connectivity index (χ1n) is 8.22. The summed E-state index contributed by atoms with van der Waals surface area (Å²) in [6.07, 6.45) is -1.46. The number of alkyl halides is 3. The fourth-order valence-corrected chi connectivity index (χ4v) is 3.22. The number of rotatable bonds is 6. The fourth-order valence-electron chi connectivity index (χ4n) is 2.42. The summed E-state index contributed by atoms with van der Waals surface area (Å²) < 4.78 is 39.6. The molecule has 3 heterocycles. The van der Waals surface area contributed by atoms with Crippen LogP contribution in [0.2, 0.25) is 0 Å². The van der Waals surface area contributed by atoms with E-state index in [1.165, 1.54) is 0 Å². The Morgan fingerprint density at radius 1 is 1.18 bits per heavy atom. The van der Waals surface area contributed by atoms with Crippen molar-refractivity contribution in [3.63, 3.8) is 0 Å². The van der Waals surface area contributed by atoms with Gasteiger partial charge in [0.25, 0.3) is 0 Å². The SMILES string of the molecule is CN=C(NCCc1nc(C(F)(F)F)cs1)NCCc1nnc2ccccn12.I. The van der Waals surface area contributed by atoms with Crippen LogP contribution in [-0.4, -0.2) is 45.7 Å². The Balaban J connectivity index is 0.00000280. The number of hydrogen-bond donors (Lipinski definition) is 2. The van der Waals surface area contributed by atoms with Crippen molar-refractivity contribution in [1.82, 2.24) is 30.2 Å². The topological polar surface area (TPSA) is 79.5 Å². The van der Waals surface area contributed by atoms with Crippen molar-refractivity contribution in [2.75, 3.05) is 20.1 Å². The normalized spacial score (nSPS) is 12.1. The van der Waals surface area contributed by atoms with E-state index in [0.717, 1.165) is 28.2 Å². The van der Waals surface area contributed by atoms with E-state index in [1.54, 1.807) is 7.05 Å². The van der Waals surface area contributed by atoms with Crippen molar-refractivity contribution in [3.8, 4) is 0 Å². The standard InChI is InChI=1S/C16H18F3N7S.HI/c1-20-15(22-8-6-14-23-11(10-27-14)16(17,18)19)21-7-5-13-25-24-12-4-2-3-9-26(12)13;/h2-4,9-10H,5-8H2,1H3,(H2,20,21,22);1H. The molecule has 2 N–H and O–H groups in total. The minimum absolute atomic E-state index is 0. The van der Waals surface area contributed by atoms with Crippen LogP contribution >= 0.6 is 35.3 Å². The first kappa shape index (κ1) is 22.3. The zero-order valence-corrected chi connectivity index (χ0v) is 18.0. The second kappa shape index (κ2) is 10.0. The molecular formula is C16H19F3IN7S. The van der Waals surface area contributed by atoms with E-state index in [9.17, 15) is 13.2 Å². The highest BCUT2D eigenvalue weighted by Gasteiger charge is 2.33. The minimum Gasteiger partial charge on any atom is -0.356 e. The Hall–Kier alpha value is -1.96. The zero-order valence-electron chi connectivity index (χ0n) is 14.9. The van der Waals surface area contributed by atoms with Crippen molar-refractivity contribution < 1.29 is 13.2 Å². The van der Waals surface area contributed by atoms with E-state index in [4.69, 9.17) is 0 Å². The number of nitrogens with zero attached hydrogens (tertiary/aromatic N) is 5. The molecule has 0 aromatic carbocycles. The lowest BCUT2D eigenvalue weighted by atomic mass is 10.4. The monoisotopic (exact) mass is 525 g/mol. The molecular weight excluding hydrogens is 506 g/mol. The highest BCUT2D eigenvalue weighted by molar-refractivity contribution is 14.0. The average molecular weight is 525 g/mol. The van der Waals surface area contributed by atoms with Crippen LogP contribution in [0.4, 0.5) is 13.2 Å². The average Bonchev–Trinajstić information content (AvgIpc) is 3.27. The lowest BCUT2D eigenvalue weighted by Gasteiger charge is -2.10. The summed E-state index contributed by atoms with van der Waals surface area (Å²) in [6, 6.07) is 5.70. The molecule has 0 radical (unpaired) electrons. The summed E-state index contributed by atoms with van der Waals surface area (Å²) in [7, 11) is 1.63. The van der Waals surface area contributed by atoms with Crippen LogP contribution in [0, 0.1) is 0 Å². The van der Waals surface area contributed by atoms with Crippen molar-refractivity contribution in [3.05, 3.63) is 46.3 Å². The van der Waals surface area contributed by atoms with Crippen LogP contribution in [0.15, 0.2) is 34.8 Å². The molecule has 0 spiro atoms. The number of fused-ring (bicyclic) bond motifs is 1. The Kier molecular flexibility index (Phi) is 7.98. The van der Waals surface area contributed by atoms with E-state index in [-0.39, 0.29) is 24.0 Å². The van der Waals surface area contributed by atoms with Gasteiger partial charge >= 0.3 is 6.18 Å². The molecule has 0 amide bonds. The molecule has 0 aliphatic rings. The highest BCUT2D eigenvalue weighted by Crippen LogP contribution is 2.29. The smallest absolute Gasteiger partial charge is 0.356 e. The van der Waals surface area contributed by atoms with Gasteiger partial charge in [-0.05, 0) is 12.1 Å². The molecule has 0 aliphatic carbocycles. The number of aromatic nitrogens is 4. The second-order valence-electron chi connectivity index (χ2n) is 5.60. The Labute approximate surface area is 180 Å². The molecule has 3 aromatic rings. The molecule has 0 saturated carbocycles. The van der Waals surface area contributed by atoms with Crippen molar-refractivity contribution in [2.45, 2.75) is 19.0 Å². The molecule has 7 nitrogen and oxygen atoms in total. The summed E-state index contributed by atoms with van der Waals surface area (Å²) in [6.45, 7) is 1.02. The third-order valence-corrected chi connectivity index (χ3v) is 4.63. The van der Waals surface area contributed by atoms with E-state index >= 15 is 0 Å². The van der Waals surface area contributed by atoms with Crippen molar-refractivity contribution in [1.29, 1.82) is 0 Å². The molecule has 3 aromatic heterocycles. The van der Waals surface area contributed by atoms with Gasteiger partial charge in [-0.15, -0.1) is 45.5 Å². The second-order valence-corrected chi connectivity index (χ2v) is 6.54. The van der Waals surface area contributed by atoms with E-state index in [2.05, 4.69) is 30.8 Å². The van der Waals surface area contributed by atoms with Crippen LogP contribution < -0.4 is 10.6 Å². The predicted molar refractivity (Wildman–Crippen MR) is 112 cm³/mol. The molecule has 152 valence electrons. The molecule has 0 aliphatic heterocycles. The van der Waals surface area contributed by atoms with E-state index < -0.39 is 11.9 Å². The molecule has 28 heavy (non-hydrogen) atoms. The number of aliphatic imine (C=N–C) groups is 1. The molecule has 12 heteroatoms. The Bertz CT molecular complexity index is 922. The van der Waals surface area contributed by atoms with Gasteiger partial charge < -0.3 is 10.6 Å². The number of thiazole rings is 1. The van der Waals surface area contributed by atoms with Gasteiger partial charge in [-0.25, -0.2) is 4.98 Å². The van der Waals surface area contributed by atoms with Gasteiger partial charge in [-0.1, -0.05) is 6.07 Å². The van der Waals surface area contributed by atoms with Gasteiger partial charge in [0.15, 0.2) is 17.3 Å². The van der Waals surface area contributed by atoms with Crippen LogP contribution in [0.1, 0.15) is 16.5 Å². The summed E-state index contributed by atoms with van der Waals surface area (Å²) in [4.78, 5) is 7.70. The lowest BCUT2D eigenvalue weighted by Crippen LogP contribution is -2.39. The molecule has 0 fully saturated rings. The number of guanidine groups is 1. The fraction of sp³-hybridized carbons (Fsp3) is 0.375. The van der Waals surface area contributed by atoms with Crippen LogP contribution in [0.25, 0.3) is 5.65 Å². The third kappa shape index (κ3) is 5.77. The van der Waals surface area contributed by atoms with Crippen LogP contribution in [0.3, 0.4) is 0 Å². The Morgan fingerprint density at radius 3 is 2.61 bits per heavy atom. The number of pyridine rings is 1. The van der Waals surface area contributed by atoms with Crippen LogP contribution in [-0.2, 0) is 19.0 Å². The van der Waals surface area contributed by atoms with Gasteiger partial charge in [0.1, 0.15) is 5.82 Å². The van der Waals surface area contributed by atoms with Gasteiger partial charge in [-0.3, -0.25) is 9.39 Å². The highest BCUT2D eigenvalue weighted by atomic mass is 127. The molecule has 0 bridgehead atoms. The lowest BCUT2D eigenvalue weighted by molar-refractivity contribution is -0.140. The number of nitrogens with one attached hydrogen (secondary N) is 2. The molecule has 0 saturated heterocycles. The van der Waals surface area contributed by atoms with Gasteiger partial charge in [0.2, 0.25) is 0 Å². The number of halogens is 4. The molecule has 0 unspecified atom stereocenters. The third-order valence-electron chi connectivity index (χ3n) is 3.72. The quantitative estimate of drug-likeness (QED) is 0.294. The summed E-state index contributed by atoms with van der Waals surface area (Å²) in [5.41, 5.74) is -0.0535. The maximum Gasteiger partial charge on any atom is 0.434 e. The maximum absolute atomic E-state index is 12.5. The summed E-state index contributed by atoms with van der Waals surface area (Å²) in [5, 5.41) is 15.9. The Morgan fingerprint density at radius 2 is 1.93 bits per heavy atom. The maximum atomic E-state index is 12.5. The first-order chi connectivity index (χ1) is 13.0. The molecule has 3 rings (SSSR count). The number of hydrogen-bond acceptors (Lipinski definition) is 5. The van der Waals surface area contributed by atoms with Gasteiger partial charge in [-0.2, -0.15) is 13.2 Å². The van der Waals surface area contributed by atoms with Gasteiger partial charge in [0, 0.05) is 44.6 Å². The van der Waals surface area contributed by atoms with E-state index in [1.807, 2.05) is 28.8 Å². The van der Waals surface area contributed by atoms with Crippen molar-refractivity contribution >= 4 is 46.9 Å². The first-order valence-corrected chi connectivity index (χ1v) is 9.10. The van der Waals surface area contributed by atoms with Crippen molar-refractivity contribution in [2.24, 2.45) is 4.99 Å². The molecule has 0 atom stereocenters. The summed E-state index contributed by atoms with van der Waals surface area (Å²) >= 11 is 1.00. The largest absolute Gasteiger partial charge is 0.434 e. The predicted octanol–water partition coefficient (Wildman–Crippen LogP) is 2.77. The van der Waals surface area contributed by atoms with Gasteiger partial charge in [0.05, 0.1) is 5.01 Å². The van der Waals surface area contributed by atoms with E-state index in [0.29, 0.717) is 36.9 Å². The van der Waals surface area contributed by atoms with Crippen LogP contribution in [0.5, 0.6) is 0 Å². The minimum atomic E-state index is -4.40. The summed E-state index contributed by atoms with van der Waals surface area (Å²) in [5.74, 6) is 1.40. The zero-order chi connectivity index (χ0) is 19.3.